The molecule has 0 aliphatic carbocycles. The zero-order valence-corrected chi connectivity index (χ0v) is 13.8. The number of nitrogens with one attached hydrogen (secondary N) is 2. The number of benzene rings is 2. The SMILES string of the molecule is COc1ccc(O[C@H](C)C(=O)Nc2cccc(NC(C)=O)c2)cc1. The Labute approximate surface area is 140 Å². The van der Waals surface area contributed by atoms with Crippen LogP contribution in [0.25, 0.3) is 0 Å². The van der Waals surface area contributed by atoms with Crippen molar-refractivity contribution in [2.75, 3.05) is 17.7 Å². The van der Waals surface area contributed by atoms with Gasteiger partial charge in [-0.3, -0.25) is 9.59 Å². The van der Waals surface area contributed by atoms with Gasteiger partial charge in [-0.25, -0.2) is 0 Å². The van der Waals surface area contributed by atoms with Crippen molar-refractivity contribution in [1.82, 2.24) is 0 Å². The van der Waals surface area contributed by atoms with Crippen molar-refractivity contribution < 1.29 is 19.1 Å². The summed E-state index contributed by atoms with van der Waals surface area (Å²) in [6.45, 7) is 3.09. The lowest BCUT2D eigenvalue weighted by Crippen LogP contribution is -2.30. The van der Waals surface area contributed by atoms with Crippen LogP contribution >= 0.6 is 0 Å². The van der Waals surface area contributed by atoms with Gasteiger partial charge in [-0.2, -0.15) is 0 Å². The second kappa shape index (κ2) is 8.01. The zero-order chi connectivity index (χ0) is 17.5. The minimum atomic E-state index is -0.678. The number of carbonyl (C=O) groups is 2. The molecule has 24 heavy (non-hydrogen) atoms. The summed E-state index contributed by atoms with van der Waals surface area (Å²) in [6.07, 6.45) is -0.678. The highest BCUT2D eigenvalue weighted by atomic mass is 16.5. The number of carbonyl (C=O) groups excluding carboxylic acids is 2. The molecule has 0 unspecified atom stereocenters. The quantitative estimate of drug-likeness (QED) is 0.854. The Morgan fingerprint density at radius 3 is 2.12 bits per heavy atom. The Morgan fingerprint density at radius 1 is 0.958 bits per heavy atom. The van der Waals surface area contributed by atoms with Crippen LogP contribution in [0.4, 0.5) is 11.4 Å². The van der Waals surface area contributed by atoms with Crippen molar-refractivity contribution >= 4 is 23.2 Å². The fourth-order valence-electron chi connectivity index (χ4n) is 2.03. The smallest absolute Gasteiger partial charge is 0.265 e. The predicted octanol–water partition coefficient (Wildman–Crippen LogP) is 3.06. The minimum absolute atomic E-state index is 0.172. The second-order valence-corrected chi connectivity index (χ2v) is 5.19. The van der Waals surface area contributed by atoms with Crippen molar-refractivity contribution in [3.8, 4) is 11.5 Å². The summed E-state index contributed by atoms with van der Waals surface area (Å²) in [5, 5.41) is 5.42. The van der Waals surface area contributed by atoms with E-state index in [4.69, 9.17) is 9.47 Å². The summed E-state index contributed by atoms with van der Waals surface area (Å²) < 4.78 is 10.7. The molecule has 2 N–H and O–H groups in total. The van der Waals surface area contributed by atoms with Crippen LogP contribution in [-0.2, 0) is 9.59 Å². The molecule has 0 heterocycles. The average Bonchev–Trinajstić information content (AvgIpc) is 2.55. The van der Waals surface area contributed by atoms with Gasteiger partial charge in [0.05, 0.1) is 7.11 Å². The van der Waals surface area contributed by atoms with E-state index in [1.807, 2.05) is 0 Å². The molecule has 0 bridgehead atoms. The molecule has 2 amide bonds. The minimum Gasteiger partial charge on any atom is -0.497 e. The van der Waals surface area contributed by atoms with Crippen LogP contribution in [0, 0.1) is 0 Å². The number of amides is 2. The van der Waals surface area contributed by atoms with E-state index in [0.717, 1.165) is 0 Å². The van der Waals surface area contributed by atoms with Crippen LogP contribution < -0.4 is 20.1 Å². The molecule has 0 aromatic heterocycles. The van der Waals surface area contributed by atoms with Gasteiger partial charge in [0, 0.05) is 18.3 Å². The highest BCUT2D eigenvalue weighted by Gasteiger charge is 2.15. The molecule has 0 spiro atoms. The Hall–Kier alpha value is -3.02. The molecular formula is C18H20N2O4. The van der Waals surface area contributed by atoms with E-state index in [-0.39, 0.29) is 11.8 Å². The molecule has 6 heteroatoms. The molecule has 0 saturated heterocycles. The van der Waals surface area contributed by atoms with Crippen molar-refractivity contribution in [1.29, 1.82) is 0 Å². The highest BCUT2D eigenvalue weighted by molar-refractivity contribution is 5.95. The summed E-state index contributed by atoms with van der Waals surface area (Å²) >= 11 is 0. The van der Waals surface area contributed by atoms with Crippen molar-refractivity contribution in [2.45, 2.75) is 20.0 Å². The maximum Gasteiger partial charge on any atom is 0.265 e. The van der Waals surface area contributed by atoms with Gasteiger partial charge in [0.15, 0.2) is 6.10 Å². The topological polar surface area (TPSA) is 76.7 Å². The van der Waals surface area contributed by atoms with Gasteiger partial charge in [0.1, 0.15) is 11.5 Å². The number of hydrogen-bond donors (Lipinski definition) is 2. The van der Waals surface area contributed by atoms with Crippen LogP contribution in [0.15, 0.2) is 48.5 Å². The molecule has 2 aromatic rings. The molecule has 0 fully saturated rings. The third kappa shape index (κ3) is 5.01. The summed E-state index contributed by atoms with van der Waals surface area (Å²) in [7, 11) is 1.58. The van der Waals surface area contributed by atoms with Gasteiger partial charge >= 0.3 is 0 Å². The Balaban J connectivity index is 1.96. The summed E-state index contributed by atoms with van der Waals surface area (Å²) in [5.74, 6) is 0.833. The van der Waals surface area contributed by atoms with Gasteiger partial charge in [0.2, 0.25) is 5.91 Å². The van der Waals surface area contributed by atoms with Crippen LogP contribution in [-0.4, -0.2) is 25.0 Å². The molecular weight excluding hydrogens is 308 g/mol. The molecule has 0 aliphatic rings. The maximum absolute atomic E-state index is 12.2. The highest BCUT2D eigenvalue weighted by Crippen LogP contribution is 2.19. The Morgan fingerprint density at radius 2 is 1.54 bits per heavy atom. The van der Waals surface area contributed by atoms with Crippen LogP contribution in [0.1, 0.15) is 13.8 Å². The van der Waals surface area contributed by atoms with Crippen molar-refractivity contribution in [3.63, 3.8) is 0 Å². The van der Waals surface area contributed by atoms with E-state index in [1.54, 1.807) is 62.6 Å². The lowest BCUT2D eigenvalue weighted by atomic mass is 10.2. The number of anilines is 2. The number of hydrogen-bond acceptors (Lipinski definition) is 4. The van der Waals surface area contributed by atoms with Gasteiger partial charge in [-0.1, -0.05) is 6.07 Å². The summed E-state index contributed by atoms with van der Waals surface area (Å²) in [4.78, 5) is 23.3. The zero-order valence-electron chi connectivity index (χ0n) is 13.8. The molecule has 126 valence electrons. The van der Waals surface area contributed by atoms with E-state index in [0.29, 0.717) is 22.9 Å². The molecule has 2 rings (SSSR count). The number of rotatable bonds is 6. The second-order valence-electron chi connectivity index (χ2n) is 5.19. The first-order chi connectivity index (χ1) is 11.5. The molecule has 1 atom stereocenters. The third-order valence-corrected chi connectivity index (χ3v) is 3.19. The first-order valence-electron chi connectivity index (χ1n) is 7.47. The monoisotopic (exact) mass is 328 g/mol. The standard InChI is InChI=1S/C18H20N2O4/c1-12(24-17-9-7-16(23-3)8-10-17)18(22)20-15-6-4-5-14(11-15)19-13(2)21/h4-12H,1-3H3,(H,19,21)(H,20,22)/t12-/m1/s1. The Kier molecular flexibility index (Phi) is 5.78. The molecule has 2 aromatic carbocycles. The molecule has 0 aliphatic heterocycles. The van der Waals surface area contributed by atoms with Gasteiger partial charge in [0.25, 0.3) is 5.91 Å². The first kappa shape index (κ1) is 17.3. The van der Waals surface area contributed by atoms with E-state index in [2.05, 4.69) is 10.6 Å². The first-order valence-corrected chi connectivity index (χ1v) is 7.47. The average molecular weight is 328 g/mol. The predicted molar refractivity (Wildman–Crippen MR) is 92.5 cm³/mol. The summed E-state index contributed by atoms with van der Waals surface area (Å²) in [6, 6.07) is 13.9. The van der Waals surface area contributed by atoms with Crippen LogP contribution in [0.5, 0.6) is 11.5 Å². The van der Waals surface area contributed by atoms with Crippen molar-refractivity contribution in [3.05, 3.63) is 48.5 Å². The largest absolute Gasteiger partial charge is 0.497 e. The lowest BCUT2D eigenvalue weighted by Gasteiger charge is -2.15. The summed E-state index contributed by atoms with van der Waals surface area (Å²) in [5.41, 5.74) is 1.19. The fourth-order valence-corrected chi connectivity index (χ4v) is 2.03. The third-order valence-electron chi connectivity index (χ3n) is 3.19. The lowest BCUT2D eigenvalue weighted by molar-refractivity contribution is -0.122. The van der Waals surface area contributed by atoms with Crippen LogP contribution in [0.3, 0.4) is 0 Å². The van der Waals surface area contributed by atoms with Gasteiger partial charge in [-0.05, 0) is 49.4 Å². The van der Waals surface area contributed by atoms with E-state index in [1.165, 1.54) is 6.92 Å². The van der Waals surface area contributed by atoms with Gasteiger partial charge < -0.3 is 20.1 Å². The number of ether oxygens (including phenoxy) is 2. The van der Waals surface area contributed by atoms with E-state index >= 15 is 0 Å². The normalized spacial score (nSPS) is 11.3. The number of methoxy groups -OCH3 is 1. The molecule has 6 nitrogen and oxygen atoms in total. The Bertz CT molecular complexity index is 713. The van der Waals surface area contributed by atoms with E-state index < -0.39 is 6.10 Å². The van der Waals surface area contributed by atoms with Gasteiger partial charge in [-0.15, -0.1) is 0 Å². The fraction of sp³-hybridized carbons (Fsp3) is 0.222. The van der Waals surface area contributed by atoms with E-state index in [9.17, 15) is 9.59 Å². The molecule has 0 radical (unpaired) electrons. The van der Waals surface area contributed by atoms with Crippen LogP contribution in [0.2, 0.25) is 0 Å². The maximum atomic E-state index is 12.2. The molecule has 0 saturated carbocycles. The van der Waals surface area contributed by atoms with Crippen molar-refractivity contribution in [2.24, 2.45) is 0 Å².